The molecule has 2 N–H and O–H groups in total. The lowest BCUT2D eigenvalue weighted by Crippen LogP contribution is -2.12. The number of carbonyl (C=O) groups excluding carboxylic acids is 1. The van der Waals surface area contributed by atoms with E-state index >= 15 is 0 Å². The molecule has 0 unspecified atom stereocenters. The van der Waals surface area contributed by atoms with Gasteiger partial charge in [-0.2, -0.15) is 0 Å². The van der Waals surface area contributed by atoms with Gasteiger partial charge < -0.3 is 15.4 Å². The van der Waals surface area contributed by atoms with Gasteiger partial charge in [-0.25, -0.2) is 4.98 Å². The molecule has 1 amide bonds. The number of carbonyl (C=O) groups is 1. The van der Waals surface area contributed by atoms with Gasteiger partial charge in [0, 0.05) is 21.8 Å². The normalized spacial score (nSPS) is 10.2. The molecule has 2 aromatic carbocycles. The van der Waals surface area contributed by atoms with Crippen molar-refractivity contribution >= 4 is 39.0 Å². The lowest BCUT2D eigenvalue weighted by atomic mass is 10.2. The minimum Gasteiger partial charge on any atom is -0.497 e. The Morgan fingerprint density at radius 1 is 1.04 bits per heavy atom. The third kappa shape index (κ3) is 4.58. The zero-order chi connectivity index (χ0) is 17.6. The molecule has 0 saturated heterocycles. The van der Waals surface area contributed by atoms with Crippen LogP contribution in [0.3, 0.4) is 0 Å². The van der Waals surface area contributed by atoms with Crippen molar-refractivity contribution in [3.8, 4) is 5.75 Å². The van der Waals surface area contributed by atoms with Crippen molar-refractivity contribution in [2.24, 2.45) is 0 Å². The molecule has 5 nitrogen and oxygen atoms in total. The summed E-state index contributed by atoms with van der Waals surface area (Å²) < 4.78 is 6.12. The van der Waals surface area contributed by atoms with Gasteiger partial charge in [-0.3, -0.25) is 4.79 Å². The van der Waals surface area contributed by atoms with E-state index in [1.54, 1.807) is 31.5 Å². The van der Waals surface area contributed by atoms with Gasteiger partial charge in [0.15, 0.2) is 0 Å². The average Bonchev–Trinajstić information content (AvgIpc) is 2.64. The molecule has 6 heteroatoms. The Morgan fingerprint density at radius 3 is 2.52 bits per heavy atom. The fourth-order valence-corrected chi connectivity index (χ4v) is 2.46. The van der Waals surface area contributed by atoms with Gasteiger partial charge in [0.25, 0.3) is 5.91 Å². The molecule has 126 valence electrons. The van der Waals surface area contributed by atoms with E-state index in [9.17, 15) is 4.79 Å². The second-order valence-corrected chi connectivity index (χ2v) is 6.17. The number of rotatable bonds is 5. The van der Waals surface area contributed by atoms with Gasteiger partial charge in [-0.1, -0.05) is 22.0 Å². The van der Waals surface area contributed by atoms with E-state index in [1.165, 1.54) is 0 Å². The van der Waals surface area contributed by atoms with Crippen LogP contribution < -0.4 is 15.4 Å². The van der Waals surface area contributed by atoms with Crippen LogP contribution in [0.2, 0.25) is 0 Å². The largest absolute Gasteiger partial charge is 0.497 e. The number of anilines is 3. The van der Waals surface area contributed by atoms with Gasteiger partial charge >= 0.3 is 0 Å². The maximum atomic E-state index is 12.2. The molecule has 25 heavy (non-hydrogen) atoms. The van der Waals surface area contributed by atoms with Crippen LogP contribution in [0, 0.1) is 0 Å². The number of nitrogens with zero attached hydrogens (tertiary/aromatic N) is 1. The van der Waals surface area contributed by atoms with Crippen LogP contribution in [0.1, 0.15) is 10.4 Å². The van der Waals surface area contributed by atoms with Crippen LogP contribution in [0.15, 0.2) is 71.3 Å². The van der Waals surface area contributed by atoms with E-state index in [0.29, 0.717) is 11.4 Å². The topological polar surface area (TPSA) is 63.2 Å². The third-order valence-electron chi connectivity index (χ3n) is 3.47. The van der Waals surface area contributed by atoms with Crippen LogP contribution in [-0.4, -0.2) is 18.0 Å². The number of methoxy groups -OCH3 is 1. The van der Waals surface area contributed by atoms with E-state index in [1.807, 2.05) is 42.5 Å². The molecule has 0 aliphatic carbocycles. The van der Waals surface area contributed by atoms with Crippen molar-refractivity contribution in [1.29, 1.82) is 0 Å². The molecule has 0 aliphatic heterocycles. The lowest BCUT2D eigenvalue weighted by molar-refractivity contribution is 0.102. The molecule has 0 atom stereocenters. The summed E-state index contributed by atoms with van der Waals surface area (Å²) in [5.41, 5.74) is 2.28. The Balaban J connectivity index is 1.65. The Labute approximate surface area is 154 Å². The first kappa shape index (κ1) is 17.0. The van der Waals surface area contributed by atoms with Gasteiger partial charge in [0.05, 0.1) is 19.0 Å². The monoisotopic (exact) mass is 397 g/mol. The molecule has 3 rings (SSSR count). The minimum absolute atomic E-state index is 0.200. The van der Waals surface area contributed by atoms with E-state index < -0.39 is 0 Å². The highest BCUT2D eigenvalue weighted by Gasteiger charge is 2.06. The molecular formula is C19H16BrN3O2. The molecule has 1 heterocycles. The van der Waals surface area contributed by atoms with Crippen molar-refractivity contribution in [3.63, 3.8) is 0 Å². The maximum absolute atomic E-state index is 12.2. The van der Waals surface area contributed by atoms with Crippen molar-refractivity contribution in [3.05, 3.63) is 76.9 Å². The Bertz CT molecular complexity index is 865. The number of benzene rings is 2. The number of hydrogen-bond donors (Lipinski definition) is 2. The number of halogens is 1. The predicted octanol–water partition coefficient (Wildman–Crippen LogP) is 4.85. The summed E-state index contributed by atoms with van der Waals surface area (Å²) in [6, 6.07) is 18.4. The van der Waals surface area contributed by atoms with E-state index in [0.717, 1.165) is 21.6 Å². The van der Waals surface area contributed by atoms with Gasteiger partial charge in [0.1, 0.15) is 11.6 Å². The number of amides is 1. The Hall–Kier alpha value is -2.86. The predicted molar refractivity (Wildman–Crippen MR) is 103 cm³/mol. The smallest absolute Gasteiger partial charge is 0.256 e. The third-order valence-corrected chi connectivity index (χ3v) is 4.00. The highest BCUT2D eigenvalue weighted by molar-refractivity contribution is 9.10. The quantitative estimate of drug-likeness (QED) is 0.645. The summed E-state index contributed by atoms with van der Waals surface area (Å²) >= 11 is 3.35. The van der Waals surface area contributed by atoms with Crippen LogP contribution in [0.5, 0.6) is 5.75 Å². The summed E-state index contributed by atoms with van der Waals surface area (Å²) in [6.07, 6.45) is 1.66. The molecule has 0 saturated carbocycles. The van der Waals surface area contributed by atoms with E-state index in [2.05, 4.69) is 31.5 Å². The number of ether oxygens (including phenoxy) is 1. The van der Waals surface area contributed by atoms with Crippen LogP contribution >= 0.6 is 15.9 Å². The molecular weight excluding hydrogens is 382 g/mol. The summed E-state index contributed by atoms with van der Waals surface area (Å²) in [5.74, 6) is 1.06. The second-order valence-electron chi connectivity index (χ2n) is 5.25. The van der Waals surface area contributed by atoms with Crippen molar-refractivity contribution in [2.75, 3.05) is 17.7 Å². The number of aromatic nitrogens is 1. The zero-order valence-corrected chi connectivity index (χ0v) is 15.1. The average molecular weight is 398 g/mol. The van der Waals surface area contributed by atoms with Crippen molar-refractivity contribution in [1.82, 2.24) is 4.98 Å². The standard InChI is InChI=1S/C19H16BrN3O2/c1-25-17-4-2-3-15(11-17)22-16-9-10-18(21-12-16)23-19(24)13-5-7-14(20)8-6-13/h2-12,22H,1H3,(H,21,23,24). The summed E-state index contributed by atoms with van der Waals surface area (Å²) in [4.78, 5) is 16.4. The highest BCUT2D eigenvalue weighted by Crippen LogP contribution is 2.21. The van der Waals surface area contributed by atoms with E-state index in [4.69, 9.17) is 4.74 Å². The van der Waals surface area contributed by atoms with Gasteiger partial charge in [-0.15, -0.1) is 0 Å². The fraction of sp³-hybridized carbons (Fsp3) is 0.0526. The fourth-order valence-electron chi connectivity index (χ4n) is 2.20. The first-order valence-corrected chi connectivity index (χ1v) is 8.37. The second kappa shape index (κ2) is 7.81. The summed E-state index contributed by atoms with van der Waals surface area (Å²) in [7, 11) is 1.63. The zero-order valence-electron chi connectivity index (χ0n) is 13.5. The SMILES string of the molecule is COc1cccc(Nc2ccc(NC(=O)c3ccc(Br)cc3)nc2)c1. The summed E-state index contributed by atoms with van der Waals surface area (Å²) in [5, 5.41) is 6.01. The van der Waals surface area contributed by atoms with Crippen molar-refractivity contribution in [2.45, 2.75) is 0 Å². The van der Waals surface area contributed by atoms with Gasteiger partial charge in [0.2, 0.25) is 0 Å². The lowest BCUT2D eigenvalue weighted by Gasteiger charge is -2.09. The highest BCUT2D eigenvalue weighted by atomic mass is 79.9. The molecule has 0 fully saturated rings. The van der Waals surface area contributed by atoms with Crippen molar-refractivity contribution < 1.29 is 9.53 Å². The van der Waals surface area contributed by atoms with Crippen LogP contribution in [-0.2, 0) is 0 Å². The number of hydrogen-bond acceptors (Lipinski definition) is 4. The maximum Gasteiger partial charge on any atom is 0.256 e. The number of pyridine rings is 1. The number of nitrogens with one attached hydrogen (secondary N) is 2. The van der Waals surface area contributed by atoms with E-state index in [-0.39, 0.29) is 5.91 Å². The van der Waals surface area contributed by atoms with Crippen LogP contribution in [0.4, 0.5) is 17.2 Å². The Kier molecular flexibility index (Phi) is 5.30. The summed E-state index contributed by atoms with van der Waals surface area (Å²) in [6.45, 7) is 0. The Morgan fingerprint density at radius 2 is 1.84 bits per heavy atom. The molecule has 3 aromatic rings. The molecule has 0 spiro atoms. The molecule has 0 bridgehead atoms. The first-order chi connectivity index (χ1) is 12.1. The molecule has 0 aliphatic rings. The molecule has 1 aromatic heterocycles. The minimum atomic E-state index is -0.200. The van der Waals surface area contributed by atoms with Gasteiger partial charge in [-0.05, 0) is 48.5 Å². The first-order valence-electron chi connectivity index (χ1n) is 7.58. The van der Waals surface area contributed by atoms with Crippen LogP contribution in [0.25, 0.3) is 0 Å². The molecule has 0 radical (unpaired) electrons.